The summed E-state index contributed by atoms with van der Waals surface area (Å²) < 4.78 is 12.9. The average Bonchev–Trinajstić information content (AvgIpc) is 2.02. The van der Waals surface area contributed by atoms with Crippen molar-refractivity contribution >= 4 is 11.9 Å². The van der Waals surface area contributed by atoms with Crippen LogP contribution in [0.3, 0.4) is 0 Å². The molecule has 0 radical (unpaired) electrons. The number of nitrogens with one attached hydrogen (secondary N) is 1. The molecular formula is C8H14FNO3. The molecule has 4 nitrogen and oxygen atoms in total. The molecule has 76 valence electrons. The van der Waals surface area contributed by atoms with Gasteiger partial charge in [-0.2, -0.15) is 0 Å². The highest BCUT2D eigenvalue weighted by Gasteiger charge is 2.24. The number of carboxylic acid groups (broad SMARTS) is 1. The lowest BCUT2D eigenvalue weighted by Crippen LogP contribution is -2.43. The molecular weight excluding hydrogens is 177 g/mol. The minimum absolute atomic E-state index is 0.444. The van der Waals surface area contributed by atoms with E-state index in [1.807, 2.05) is 5.32 Å². The van der Waals surface area contributed by atoms with Gasteiger partial charge in [-0.3, -0.25) is 9.59 Å². The molecule has 0 aromatic carbocycles. The van der Waals surface area contributed by atoms with Crippen molar-refractivity contribution in [2.24, 2.45) is 5.92 Å². The highest BCUT2D eigenvalue weighted by atomic mass is 19.1. The molecule has 13 heavy (non-hydrogen) atoms. The Labute approximate surface area is 76.1 Å². The van der Waals surface area contributed by atoms with Crippen LogP contribution in [0, 0.1) is 5.92 Å². The summed E-state index contributed by atoms with van der Waals surface area (Å²) in [6.07, 6.45) is -1.65. The third-order valence-electron chi connectivity index (χ3n) is 1.56. The highest BCUT2D eigenvalue weighted by molar-refractivity contribution is 5.86. The second-order valence-corrected chi connectivity index (χ2v) is 3.21. The molecule has 0 aliphatic heterocycles. The van der Waals surface area contributed by atoms with Gasteiger partial charge in [0.05, 0.1) is 0 Å². The quantitative estimate of drug-likeness (QED) is 0.682. The van der Waals surface area contributed by atoms with Crippen molar-refractivity contribution in [2.45, 2.75) is 33.0 Å². The van der Waals surface area contributed by atoms with Gasteiger partial charge >= 0.3 is 5.97 Å². The highest BCUT2D eigenvalue weighted by Crippen LogP contribution is 2.05. The fourth-order valence-corrected chi connectivity index (χ4v) is 0.657. The van der Waals surface area contributed by atoms with Gasteiger partial charge < -0.3 is 10.4 Å². The Balaban J connectivity index is 4.08. The predicted octanol–water partition coefficient (Wildman–Crippen LogP) is 0.570. The van der Waals surface area contributed by atoms with Crippen molar-refractivity contribution in [3.63, 3.8) is 0 Å². The first kappa shape index (κ1) is 11.9. The molecule has 0 bridgehead atoms. The monoisotopic (exact) mass is 191 g/mol. The molecule has 0 saturated heterocycles. The zero-order valence-corrected chi connectivity index (χ0v) is 7.87. The Morgan fingerprint density at radius 2 is 1.77 bits per heavy atom. The largest absolute Gasteiger partial charge is 0.480 e. The molecule has 2 atom stereocenters. The Hall–Kier alpha value is -1.13. The number of aliphatic carboxylic acids is 1. The molecule has 1 amide bonds. The van der Waals surface area contributed by atoms with E-state index in [9.17, 15) is 14.0 Å². The zero-order chi connectivity index (χ0) is 10.6. The zero-order valence-electron chi connectivity index (χ0n) is 7.87. The summed E-state index contributed by atoms with van der Waals surface area (Å²) in [5.74, 6) is -2.49. The van der Waals surface area contributed by atoms with Crippen LogP contribution in [0.2, 0.25) is 0 Å². The van der Waals surface area contributed by atoms with E-state index in [1.165, 1.54) is 6.92 Å². The number of rotatable bonds is 4. The van der Waals surface area contributed by atoms with Crippen molar-refractivity contribution in [3.8, 4) is 0 Å². The van der Waals surface area contributed by atoms with E-state index in [0.717, 1.165) is 0 Å². The minimum atomic E-state index is -1.65. The van der Waals surface area contributed by atoms with Gasteiger partial charge in [0.15, 0.2) is 6.17 Å². The normalized spacial score (nSPS) is 15.2. The standard InChI is InChI=1S/C8H14FNO3/c1-4(2)6(9)7(11)10-5(3)8(12)13/h4-6H,1-3H3,(H,10,11)(H,12,13)/t5-,6-/m0/s1. The second kappa shape index (κ2) is 4.79. The molecule has 0 fully saturated rings. The summed E-state index contributed by atoms with van der Waals surface area (Å²) in [4.78, 5) is 21.2. The Morgan fingerprint density at radius 1 is 1.31 bits per heavy atom. The van der Waals surface area contributed by atoms with Crippen molar-refractivity contribution in [2.75, 3.05) is 0 Å². The van der Waals surface area contributed by atoms with Crippen LogP contribution in [-0.2, 0) is 9.59 Å². The predicted molar refractivity (Wildman–Crippen MR) is 45.0 cm³/mol. The van der Waals surface area contributed by atoms with Crippen molar-refractivity contribution in [3.05, 3.63) is 0 Å². The maximum Gasteiger partial charge on any atom is 0.325 e. The van der Waals surface area contributed by atoms with Crippen LogP contribution >= 0.6 is 0 Å². The lowest BCUT2D eigenvalue weighted by atomic mass is 10.1. The van der Waals surface area contributed by atoms with Crippen LogP contribution < -0.4 is 5.32 Å². The number of amides is 1. The van der Waals surface area contributed by atoms with Gasteiger partial charge in [0.2, 0.25) is 0 Å². The molecule has 2 N–H and O–H groups in total. The summed E-state index contributed by atoms with van der Waals surface area (Å²) >= 11 is 0. The Bertz CT molecular complexity index is 206. The third-order valence-corrected chi connectivity index (χ3v) is 1.56. The van der Waals surface area contributed by atoms with E-state index in [-0.39, 0.29) is 0 Å². The van der Waals surface area contributed by atoms with Crippen molar-refractivity contribution < 1.29 is 19.1 Å². The Kier molecular flexibility index (Phi) is 4.37. The second-order valence-electron chi connectivity index (χ2n) is 3.21. The number of carbonyl (C=O) groups excluding carboxylic acids is 1. The van der Waals surface area contributed by atoms with Crippen LogP contribution in [0.1, 0.15) is 20.8 Å². The van der Waals surface area contributed by atoms with E-state index in [1.54, 1.807) is 13.8 Å². The summed E-state index contributed by atoms with van der Waals surface area (Å²) in [5, 5.41) is 10.5. The average molecular weight is 191 g/mol. The summed E-state index contributed by atoms with van der Waals surface area (Å²) in [6, 6.07) is -1.05. The van der Waals surface area contributed by atoms with Crippen LogP contribution in [0.4, 0.5) is 4.39 Å². The van der Waals surface area contributed by atoms with Gasteiger partial charge in [-0.1, -0.05) is 13.8 Å². The smallest absolute Gasteiger partial charge is 0.325 e. The van der Waals surface area contributed by atoms with Gasteiger partial charge in [0, 0.05) is 0 Å². The molecule has 0 aromatic rings. The molecule has 0 unspecified atom stereocenters. The molecule has 0 aromatic heterocycles. The van der Waals surface area contributed by atoms with E-state index in [2.05, 4.69) is 0 Å². The first-order chi connectivity index (χ1) is 5.86. The molecule has 0 saturated carbocycles. The first-order valence-electron chi connectivity index (χ1n) is 4.03. The lowest BCUT2D eigenvalue weighted by molar-refractivity contribution is -0.142. The van der Waals surface area contributed by atoms with Gasteiger partial charge in [-0.25, -0.2) is 4.39 Å². The van der Waals surface area contributed by atoms with Gasteiger partial charge in [-0.15, -0.1) is 0 Å². The SMILES string of the molecule is CC(C)[C@H](F)C(=O)N[C@@H](C)C(=O)O. The van der Waals surface area contributed by atoms with Gasteiger partial charge in [0.25, 0.3) is 5.91 Å². The fourth-order valence-electron chi connectivity index (χ4n) is 0.657. The van der Waals surface area contributed by atoms with Gasteiger partial charge in [0.1, 0.15) is 6.04 Å². The number of halogens is 1. The summed E-state index contributed by atoms with van der Waals surface area (Å²) in [5.41, 5.74) is 0. The molecule has 0 rings (SSSR count). The first-order valence-corrected chi connectivity index (χ1v) is 4.03. The van der Waals surface area contributed by atoms with Crippen molar-refractivity contribution in [1.29, 1.82) is 0 Å². The Morgan fingerprint density at radius 3 is 2.08 bits per heavy atom. The maximum absolute atomic E-state index is 12.9. The minimum Gasteiger partial charge on any atom is -0.480 e. The van der Waals surface area contributed by atoms with E-state index in [0.29, 0.717) is 0 Å². The molecule has 0 aliphatic rings. The number of hydrogen-bond donors (Lipinski definition) is 2. The molecule has 0 spiro atoms. The third kappa shape index (κ3) is 3.87. The van der Waals surface area contributed by atoms with E-state index < -0.39 is 30.0 Å². The molecule has 0 aliphatic carbocycles. The molecule has 0 heterocycles. The van der Waals surface area contributed by atoms with Crippen molar-refractivity contribution in [1.82, 2.24) is 5.32 Å². The molecule has 5 heteroatoms. The van der Waals surface area contributed by atoms with Crippen LogP contribution in [0.5, 0.6) is 0 Å². The summed E-state index contributed by atoms with van der Waals surface area (Å²) in [6.45, 7) is 4.39. The van der Waals surface area contributed by atoms with E-state index >= 15 is 0 Å². The fraction of sp³-hybridized carbons (Fsp3) is 0.750. The number of alkyl halides is 1. The summed E-state index contributed by atoms with van der Waals surface area (Å²) in [7, 11) is 0. The topological polar surface area (TPSA) is 66.4 Å². The van der Waals surface area contributed by atoms with Crippen LogP contribution in [0.25, 0.3) is 0 Å². The van der Waals surface area contributed by atoms with Crippen LogP contribution in [-0.4, -0.2) is 29.2 Å². The maximum atomic E-state index is 12.9. The van der Waals surface area contributed by atoms with Gasteiger partial charge in [-0.05, 0) is 12.8 Å². The lowest BCUT2D eigenvalue weighted by Gasteiger charge is -2.14. The number of hydrogen-bond acceptors (Lipinski definition) is 2. The number of carbonyl (C=O) groups is 2. The van der Waals surface area contributed by atoms with Crippen LogP contribution in [0.15, 0.2) is 0 Å². The van der Waals surface area contributed by atoms with E-state index in [4.69, 9.17) is 5.11 Å². The number of carboxylic acids is 1.